The zero-order valence-electron chi connectivity index (χ0n) is 16.5. The molecule has 0 bridgehead atoms. The van der Waals surface area contributed by atoms with Gasteiger partial charge in [-0.3, -0.25) is 0 Å². The Morgan fingerprint density at radius 2 is 1.93 bits per heavy atom. The quantitative estimate of drug-likeness (QED) is 0.579. The lowest BCUT2D eigenvalue weighted by molar-refractivity contribution is -0.212. The Labute approximate surface area is 174 Å². The van der Waals surface area contributed by atoms with Crippen LogP contribution in [-0.4, -0.2) is 28.7 Å². The van der Waals surface area contributed by atoms with Crippen LogP contribution in [0.1, 0.15) is 55.8 Å². The maximum Gasteiger partial charge on any atom is 0.203 e. The fraction of sp³-hybridized carbons (Fsp3) is 0.435. The van der Waals surface area contributed by atoms with E-state index in [9.17, 15) is 0 Å². The molecule has 0 N–H and O–H groups in total. The Morgan fingerprint density at radius 3 is 2.68 bits per heavy atom. The molecule has 5 rings (SSSR count). The molecule has 4 nitrogen and oxygen atoms in total. The minimum atomic E-state index is -0.459. The van der Waals surface area contributed by atoms with Gasteiger partial charge in [0.15, 0.2) is 0 Å². The Morgan fingerprint density at radius 1 is 1.14 bits per heavy atom. The molecule has 146 valence electrons. The largest absolute Gasteiger partial charge is 0.466 e. The number of aryl methyl sites for hydroxylation is 1. The number of hydrogen-bond donors (Lipinski definition) is 0. The minimum Gasteiger partial charge on any atom is -0.466 e. The second-order valence-electron chi connectivity index (χ2n) is 8.74. The highest BCUT2D eigenvalue weighted by molar-refractivity contribution is 9.10. The van der Waals surface area contributed by atoms with Gasteiger partial charge in [0.1, 0.15) is 5.75 Å². The van der Waals surface area contributed by atoms with Crippen molar-refractivity contribution in [3.63, 3.8) is 0 Å². The van der Waals surface area contributed by atoms with Crippen molar-refractivity contribution in [2.75, 3.05) is 6.61 Å². The summed E-state index contributed by atoms with van der Waals surface area (Å²) in [7, 11) is 0. The van der Waals surface area contributed by atoms with E-state index < -0.39 is 5.72 Å². The number of halogens is 1. The summed E-state index contributed by atoms with van der Waals surface area (Å²) in [5.74, 6) is 0.975. The average Bonchev–Trinajstić information content (AvgIpc) is 3.09. The molecule has 3 aliphatic heterocycles. The van der Waals surface area contributed by atoms with Gasteiger partial charge in [0.2, 0.25) is 5.72 Å². The van der Waals surface area contributed by atoms with E-state index in [1.54, 1.807) is 0 Å². The number of hydrogen-bond acceptors (Lipinski definition) is 4. The Bertz CT molecular complexity index is 954. The van der Waals surface area contributed by atoms with Crippen molar-refractivity contribution in [3.05, 3.63) is 63.6 Å². The van der Waals surface area contributed by atoms with Crippen LogP contribution in [-0.2, 0) is 4.74 Å². The summed E-state index contributed by atoms with van der Waals surface area (Å²) >= 11 is 3.63. The van der Waals surface area contributed by atoms with Crippen LogP contribution in [0.2, 0.25) is 0 Å². The van der Waals surface area contributed by atoms with Gasteiger partial charge in [-0.15, -0.1) is 0 Å². The first-order valence-corrected chi connectivity index (χ1v) is 10.7. The molecule has 5 heteroatoms. The number of ether oxygens (including phenoxy) is 2. The molecule has 0 amide bonds. The van der Waals surface area contributed by atoms with Gasteiger partial charge in [-0.1, -0.05) is 45.8 Å². The van der Waals surface area contributed by atoms with Crippen LogP contribution >= 0.6 is 15.9 Å². The second-order valence-corrected chi connectivity index (χ2v) is 9.66. The van der Waals surface area contributed by atoms with Crippen molar-refractivity contribution >= 4 is 21.6 Å². The zero-order valence-corrected chi connectivity index (χ0v) is 18.1. The number of nitrogens with zero attached hydrogens (tertiary/aromatic N) is 2. The molecular formula is C23H25BrN2O2. The number of benzene rings is 2. The molecule has 0 aromatic heterocycles. The van der Waals surface area contributed by atoms with Crippen LogP contribution < -0.4 is 4.74 Å². The summed E-state index contributed by atoms with van der Waals surface area (Å²) in [5, 5.41) is 7.37. The summed E-state index contributed by atoms with van der Waals surface area (Å²) in [4.78, 5) is 0. The van der Waals surface area contributed by atoms with Crippen LogP contribution in [0.25, 0.3) is 0 Å². The van der Waals surface area contributed by atoms with Crippen molar-refractivity contribution in [2.45, 2.75) is 57.4 Å². The Hall–Kier alpha value is -1.85. The molecule has 2 aromatic carbocycles. The lowest BCUT2D eigenvalue weighted by atomic mass is 9.86. The van der Waals surface area contributed by atoms with E-state index in [4.69, 9.17) is 14.6 Å². The van der Waals surface area contributed by atoms with E-state index in [1.165, 1.54) is 16.7 Å². The normalized spacial score (nSPS) is 27.8. The maximum absolute atomic E-state index is 6.69. The summed E-state index contributed by atoms with van der Waals surface area (Å²) in [6, 6.07) is 15.2. The Kier molecular flexibility index (Phi) is 4.11. The molecule has 0 unspecified atom stereocenters. The van der Waals surface area contributed by atoms with Crippen LogP contribution in [0.3, 0.4) is 0 Å². The topological polar surface area (TPSA) is 34.1 Å². The molecule has 28 heavy (non-hydrogen) atoms. The zero-order chi connectivity index (χ0) is 19.5. The van der Waals surface area contributed by atoms with Gasteiger partial charge in [0.25, 0.3) is 0 Å². The molecule has 3 heterocycles. The first kappa shape index (κ1) is 18.2. The lowest BCUT2D eigenvalue weighted by Crippen LogP contribution is -2.60. The first-order valence-electron chi connectivity index (χ1n) is 9.92. The molecular weight excluding hydrogens is 416 g/mol. The van der Waals surface area contributed by atoms with Crippen molar-refractivity contribution in [1.29, 1.82) is 0 Å². The van der Waals surface area contributed by atoms with Crippen molar-refractivity contribution in [3.8, 4) is 5.75 Å². The van der Waals surface area contributed by atoms with Gasteiger partial charge in [-0.05, 0) is 44.5 Å². The predicted octanol–water partition coefficient (Wildman–Crippen LogP) is 5.59. The molecule has 1 saturated heterocycles. The van der Waals surface area contributed by atoms with E-state index in [1.807, 2.05) is 0 Å². The third-order valence-electron chi connectivity index (χ3n) is 6.03. The standard InChI is InChI=1S/C23H25BrN2O2/c1-15-4-6-16(7-5-15)19-13-20-18-12-17(24)8-9-21(18)28-23(26(20)25-19)10-11-27-22(2,3)14-23/h4-9,12,20H,10-11,13-14H2,1-3H3/t20-,23-/m1/s1. The third-order valence-corrected chi connectivity index (χ3v) is 6.52. The monoisotopic (exact) mass is 440 g/mol. The molecule has 2 atom stereocenters. The van der Waals surface area contributed by atoms with Crippen LogP contribution in [0, 0.1) is 6.92 Å². The van der Waals surface area contributed by atoms with Crippen molar-refractivity contribution in [1.82, 2.24) is 5.01 Å². The molecule has 0 saturated carbocycles. The van der Waals surface area contributed by atoms with Gasteiger partial charge in [0.05, 0.1) is 24.0 Å². The van der Waals surface area contributed by atoms with E-state index in [-0.39, 0.29) is 11.6 Å². The highest BCUT2D eigenvalue weighted by atomic mass is 79.9. The van der Waals surface area contributed by atoms with Crippen LogP contribution in [0.4, 0.5) is 0 Å². The maximum atomic E-state index is 6.69. The van der Waals surface area contributed by atoms with Gasteiger partial charge in [0, 0.05) is 29.3 Å². The van der Waals surface area contributed by atoms with Crippen LogP contribution in [0.5, 0.6) is 5.75 Å². The fourth-order valence-electron chi connectivity index (χ4n) is 4.75. The smallest absolute Gasteiger partial charge is 0.203 e. The summed E-state index contributed by atoms with van der Waals surface area (Å²) < 4.78 is 13.8. The number of fused-ring (bicyclic) bond motifs is 4. The van der Waals surface area contributed by atoms with Gasteiger partial charge in [-0.25, -0.2) is 5.01 Å². The summed E-state index contributed by atoms with van der Waals surface area (Å²) in [6.45, 7) is 7.08. The lowest BCUT2D eigenvalue weighted by Gasteiger charge is -2.52. The fourth-order valence-corrected chi connectivity index (χ4v) is 5.13. The molecule has 0 aliphatic carbocycles. The van der Waals surface area contributed by atoms with Gasteiger partial charge < -0.3 is 9.47 Å². The Balaban J connectivity index is 1.61. The van der Waals surface area contributed by atoms with E-state index in [0.29, 0.717) is 6.61 Å². The molecule has 3 aliphatic rings. The number of rotatable bonds is 1. The van der Waals surface area contributed by atoms with Crippen LogP contribution in [0.15, 0.2) is 52.0 Å². The van der Waals surface area contributed by atoms with Crippen molar-refractivity contribution < 1.29 is 9.47 Å². The summed E-state index contributed by atoms with van der Waals surface area (Å²) in [5.41, 5.74) is 4.09. The highest BCUT2D eigenvalue weighted by Crippen LogP contribution is 2.52. The molecule has 2 aromatic rings. The molecule has 0 radical (unpaired) electrons. The van der Waals surface area contributed by atoms with E-state index >= 15 is 0 Å². The van der Waals surface area contributed by atoms with Gasteiger partial charge >= 0.3 is 0 Å². The first-order chi connectivity index (χ1) is 13.4. The molecule has 1 fully saturated rings. The van der Waals surface area contributed by atoms with E-state index in [2.05, 4.69) is 84.2 Å². The predicted molar refractivity (Wildman–Crippen MR) is 114 cm³/mol. The second kappa shape index (κ2) is 6.33. The summed E-state index contributed by atoms with van der Waals surface area (Å²) in [6.07, 6.45) is 2.49. The SMILES string of the molecule is Cc1ccc(C2=NN3[C@H](C2)c2cc(Br)ccc2O[C@@]32CCOC(C)(C)C2)cc1. The highest BCUT2D eigenvalue weighted by Gasteiger charge is 2.54. The third kappa shape index (κ3) is 2.96. The van der Waals surface area contributed by atoms with Crippen molar-refractivity contribution in [2.24, 2.45) is 5.10 Å². The molecule has 1 spiro atoms. The van der Waals surface area contributed by atoms with E-state index in [0.717, 1.165) is 35.2 Å². The average molecular weight is 441 g/mol. The number of hydrazone groups is 1. The minimum absolute atomic E-state index is 0.187. The van der Waals surface area contributed by atoms with Gasteiger partial charge in [-0.2, -0.15) is 5.10 Å².